The lowest BCUT2D eigenvalue weighted by molar-refractivity contribution is -0.125. The highest BCUT2D eigenvalue weighted by Gasteiger charge is 2.30. The van der Waals surface area contributed by atoms with Crippen LogP contribution in [0.1, 0.15) is 51.6 Å². The molecule has 3 aromatic carbocycles. The van der Waals surface area contributed by atoms with E-state index in [9.17, 15) is 24.3 Å². The molecule has 0 spiro atoms. The number of H-pyrrole nitrogens is 1. The fourth-order valence-corrected chi connectivity index (χ4v) is 4.81. The molecule has 0 radical (unpaired) electrons. The summed E-state index contributed by atoms with van der Waals surface area (Å²) in [6.45, 7) is 1.90. The van der Waals surface area contributed by atoms with Crippen molar-refractivity contribution in [2.24, 2.45) is 0 Å². The second-order valence-corrected chi connectivity index (χ2v) is 10.4. The quantitative estimate of drug-likeness (QED) is 0.139. The van der Waals surface area contributed by atoms with Crippen molar-refractivity contribution in [3.05, 3.63) is 130 Å². The Bertz CT molecular complexity index is 1850. The number of benzene rings is 3. The van der Waals surface area contributed by atoms with Crippen molar-refractivity contribution in [3.8, 4) is 11.4 Å². The standard InChI is InChI=1S/C33H31N7O6/c1-2-25(21-12-7-4-8-13-21)35-31(43)27-18-24(41)19-28(46-27)32(44)36-26(16-20-10-5-3-6-11-20)29(42)33(45)34-23-15-9-14-22(17-23)30-37-39-40-38-30/h3-15,17-19,25-26,29,42H,2,16H2,1H3,(H,34,45)(H,35,43)(H,36,44)(H,37,38,39,40)/t25-,26+,29+/m1/s1. The Morgan fingerprint density at radius 1 is 0.870 bits per heavy atom. The van der Waals surface area contributed by atoms with Crippen molar-refractivity contribution in [1.82, 2.24) is 31.3 Å². The first kappa shape index (κ1) is 31.5. The molecule has 5 aromatic rings. The zero-order chi connectivity index (χ0) is 32.5. The summed E-state index contributed by atoms with van der Waals surface area (Å²) in [6.07, 6.45) is -1.10. The molecular weight excluding hydrogens is 590 g/mol. The molecule has 0 aliphatic rings. The second kappa shape index (κ2) is 14.7. The van der Waals surface area contributed by atoms with E-state index in [1.807, 2.05) is 43.3 Å². The Labute approximate surface area is 263 Å². The van der Waals surface area contributed by atoms with Gasteiger partial charge in [0.15, 0.2) is 23.1 Å². The van der Waals surface area contributed by atoms with Crippen LogP contribution in [0.15, 0.2) is 106 Å². The number of hydrogen-bond acceptors (Lipinski definition) is 9. The van der Waals surface area contributed by atoms with Crippen LogP contribution >= 0.6 is 0 Å². The molecule has 5 N–H and O–H groups in total. The summed E-state index contributed by atoms with van der Waals surface area (Å²) in [6, 6.07) is 25.3. The van der Waals surface area contributed by atoms with Gasteiger partial charge in [0.1, 0.15) is 0 Å². The zero-order valence-electron chi connectivity index (χ0n) is 24.7. The number of tetrazole rings is 1. The lowest BCUT2D eigenvalue weighted by atomic mass is 10.00. The van der Waals surface area contributed by atoms with E-state index < -0.39 is 41.1 Å². The second-order valence-electron chi connectivity index (χ2n) is 10.4. The van der Waals surface area contributed by atoms with Gasteiger partial charge in [-0.2, -0.15) is 5.21 Å². The van der Waals surface area contributed by atoms with Gasteiger partial charge in [0.05, 0.1) is 12.1 Å². The van der Waals surface area contributed by atoms with Crippen molar-refractivity contribution in [1.29, 1.82) is 0 Å². The Balaban J connectivity index is 1.34. The zero-order valence-corrected chi connectivity index (χ0v) is 24.7. The van der Waals surface area contributed by atoms with Gasteiger partial charge >= 0.3 is 0 Å². The fraction of sp³-hybridized carbons (Fsp3) is 0.182. The number of rotatable bonds is 12. The minimum absolute atomic E-state index is 0.0593. The molecule has 2 aromatic heterocycles. The third kappa shape index (κ3) is 7.95. The van der Waals surface area contributed by atoms with E-state index in [0.29, 0.717) is 23.5 Å². The first-order chi connectivity index (χ1) is 22.3. The van der Waals surface area contributed by atoms with Crippen LogP contribution in [0.5, 0.6) is 0 Å². The van der Waals surface area contributed by atoms with Gasteiger partial charge < -0.3 is 25.5 Å². The van der Waals surface area contributed by atoms with E-state index >= 15 is 0 Å². The largest absolute Gasteiger partial charge is 0.445 e. The predicted octanol–water partition coefficient (Wildman–Crippen LogP) is 3.04. The number of nitrogens with one attached hydrogen (secondary N) is 4. The molecule has 0 aliphatic heterocycles. The Morgan fingerprint density at radius 2 is 1.54 bits per heavy atom. The maximum atomic E-state index is 13.4. The molecule has 234 valence electrons. The smallest absolute Gasteiger partial charge is 0.287 e. The van der Waals surface area contributed by atoms with Crippen LogP contribution in [0.4, 0.5) is 5.69 Å². The molecule has 13 nitrogen and oxygen atoms in total. The summed E-state index contributed by atoms with van der Waals surface area (Å²) in [5, 5.41) is 33.0. The normalized spacial score (nSPS) is 12.8. The first-order valence-electron chi connectivity index (χ1n) is 14.5. The van der Waals surface area contributed by atoms with Gasteiger partial charge in [0.25, 0.3) is 17.7 Å². The summed E-state index contributed by atoms with van der Waals surface area (Å²) < 4.78 is 5.57. The monoisotopic (exact) mass is 621 g/mol. The number of carbonyl (C=O) groups is 3. The average Bonchev–Trinajstić information content (AvgIpc) is 3.62. The van der Waals surface area contributed by atoms with Gasteiger partial charge in [-0.3, -0.25) is 19.2 Å². The Kier molecular flexibility index (Phi) is 10.0. The number of aromatic amines is 1. The number of aromatic nitrogens is 4. The van der Waals surface area contributed by atoms with Crippen molar-refractivity contribution >= 4 is 23.4 Å². The van der Waals surface area contributed by atoms with Crippen molar-refractivity contribution in [2.45, 2.75) is 38.0 Å². The van der Waals surface area contributed by atoms with Crippen molar-refractivity contribution < 1.29 is 23.9 Å². The number of aliphatic hydroxyl groups excluding tert-OH is 1. The number of nitrogens with zero attached hydrogens (tertiary/aromatic N) is 3. The molecule has 0 saturated carbocycles. The molecular formula is C33H31N7O6. The lowest BCUT2D eigenvalue weighted by Gasteiger charge is -2.24. The minimum Gasteiger partial charge on any atom is -0.445 e. The molecule has 2 heterocycles. The van der Waals surface area contributed by atoms with Crippen LogP contribution in [0.2, 0.25) is 0 Å². The van der Waals surface area contributed by atoms with Gasteiger partial charge in [0.2, 0.25) is 5.82 Å². The number of amides is 3. The van der Waals surface area contributed by atoms with E-state index in [1.54, 1.807) is 48.5 Å². The molecule has 5 rings (SSSR count). The van der Waals surface area contributed by atoms with Crippen LogP contribution in [0.25, 0.3) is 11.4 Å². The molecule has 0 unspecified atom stereocenters. The van der Waals surface area contributed by atoms with Crippen LogP contribution < -0.4 is 21.4 Å². The third-order valence-electron chi connectivity index (χ3n) is 7.13. The maximum Gasteiger partial charge on any atom is 0.287 e. The molecule has 0 bridgehead atoms. The van der Waals surface area contributed by atoms with Crippen molar-refractivity contribution in [2.75, 3.05) is 5.32 Å². The summed E-state index contributed by atoms with van der Waals surface area (Å²) in [5.41, 5.74) is 1.88. The molecule has 0 aliphatic carbocycles. The molecule has 3 atom stereocenters. The van der Waals surface area contributed by atoms with E-state index in [-0.39, 0.29) is 18.2 Å². The highest BCUT2D eigenvalue weighted by Crippen LogP contribution is 2.20. The highest BCUT2D eigenvalue weighted by molar-refractivity contribution is 5.97. The average molecular weight is 622 g/mol. The molecule has 0 saturated heterocycles. The van der Waals surface area contributed by atoms with Gasteiger partial charge in [-0.1, -0.05) is 79.7 Å². The van der Waals surface area contributed by atoms with E-state index in [0.717, 1.165) is 23.3 Å². The fourth-order valence-electron chi connectivity index (χ4n) is 4.81. The number of aliphatic hydroxyl groups is 1. The van der Waals surface area contributed by atoms with Gasteiger partial charge in [-0.25, -0.2) is 0 Å². The molecule has 3 amide bonds. The van der Waals surface area contributed by atoms with Crippen LogP contribution in [-0.4, -0.2) is 55.6 Å². The topological polar surface area (TPSA) is 192 Å². The SMILES string of the molecule is CC[C@@H](NC(=O)c1cc(=O)cc(C(=O)N[C@@H](Cc2ccccc2)[C@H](O)C(=O)Nc2cccc(-c3nn[nH]n3)c2)o1)c1ccccc1. The minimum atomic E-state index is -1.73. The maximum absolute atomic E-state index is 13.4. The number of hydrogen-bond donors (Lipinski definition) is 5. The van der Waals surface area contributed by atoms with Gasteiger partial charge in [0, 0.05) is 23.4 Å². The van der Waals surface area contributed by atoms with E-state index in [2.05, 4.69) is 36.6 Å². The number of carbonyl (C=O) groups excluding carboxylic acids is 3. The summed E-state index contributed by atoms with van der Waals surface area (Å²) in [7, 11) is 0. The predicted molar refractivity (Wildman–Crippen MR) is 168 cm³/mol. The van der Waals surface area contributed by atoms with E-state index in [1.165, 1.54) is 0 Å². The van der Waals surface area contributed by atoms with Crippen LogP contribution in [0.3, 0.4) is 0 Å². The van der Waals surface area contributed by atoms with E-state index in [4.69, 9.17) is 4.42 Å². The van der Waals surface area contributed by atoms with Gasteiger partial charge in [-0.05, 0) is 41.3 Å². The molecule has 13 heteroatoms. The molecule has 0 fully saturated rings. The summed E-state index contributed by atoms with van der Waals surface area (Å²) in [4.78, 5) is 52.2. The van der Waals surface area contributed by atoms with Crippen LogP contribution in [-0.2, 0) is 11.2 Å². The third-order valence-corrected chi connectivity index (χ3v) is 7.13. The Morgan fingerprint density at radius 3 is 2.20 bits per heavy atom. The Hall–Kier alpha value is -5.95. The van der Waals surface area contributed by atoms with Crippen LogP contribution in [0, 0.1) is 0 Å². The van der Waals surface area contributed by atoms with Crippen molar-refractivity contribution in [3.63, 3.8) is 0 Å². The highest BCUT2D eigenvalue weighted by atomic mass is 16.4. The first-order valence-corrected chi connectivity index (χ1v) is 14.5. The summed E-state index contributed by atoms with van der Waals surface area (Å²) in [5.74, 6) is -2.86. The summed E-state index contributed by atoms with van der Waals surface area (Å²) >= 11 is 0. The number of anilines is 1. The lowest BCUT2D eigenvalue weighted by Crippen LogP contribution is -2.50. The van der Waals surface area contributed by atoms with Gasteiger partial charge in [-0.15, -0.1) is 10.2 Å². The molecule has 46 heavy (non-hydrogen) atoms.